The van der Waals surface area contributed by atoms with E-state index in [1.807, 2.05) is 26.0 Å². The van der Waals surface area contributed by atoms with Crippen molar-refractivity contribution >= 4 is 27.4 Å². The molecule has 2 aromatic carbocycles. The summed E-state index contributed by atoms with van der Waals surface area (Å²) >= 11 is 0. The lowest BCUT2D eigenvalue weighted by Gasteiger charge is -2.44. The molecule has 0 aliphatic carbocycles. The van der Waals surface area contributed by atoms with Gasteiger partial charge in [-0.05, 0) is 55.3 Å². The van der Waals surface area contributed by atoms with Crippen molar-refractivity contribution in [2.75, 3.05) is 24.1 Å². The van der Waals surface area contributed by atoms with Gasteiger partial charge in [-0.3, -0.25) is 14.3 Å². The molecule has 0 radical (unpaired) electrons. The number of sulfonamides is 1. The van der Waals surface area contributed by atoms with E-state index in [1.54, 1.807) is 29.2 Å². The Balaban J connectivity index is 1.45. The highest BCUT2D eigenvalue weighted by Gasteiger charge is 2.44. The highest BCUT2D eigenvalue weighted by Crippen LogP contribution is 2.41. The van der Waals surface area contributed by atoms with Crippen molar-refractivity contribution in [2.24, 2.45) is 0 Å². The number of nitrogens with one attached hydrogen (secondary N) is 1. The first-order valence-electron chi connectivity index (χ1n) is 10.3. The number of carbonyl (C=O) groups is 2. The lowest BCUT2D eigenvalue weighted by atomic mass is 9.81. The van der Waals surface area contributed by atoms with E-state index in [4.69, 9.17) is 4.74 Å². The summed E-state index contributed by atoms with van der Waals surface area (Å²) in [5, 5.41) is 0. The van der Waals surface area contributed by atoms with Crippen LogP contribution in [0.2, 0.25) is 0 Å². The third-order valence-electron chi connectivity index (χ3n) is 5.93. The fourth-order valence-corrected chi connectivity index (χ4v) is 5.05. The molecule has 1 spiro atoms. The zero-order chi connectivity index (χ0) is 22.4. The molecule has 0 saturated carbocycles. The van der Waals surface area contributed by atoms with Gasteiger partial charge in [-0.25, -0.2) is 8.42 Å². The van der Waals surface area contributed by atoms with Crippen LogP contribution in [0, 0.1) is 13.8 Å². The zero-order valence-electron chi connectivity index (χ0n) is 17.9. The number of hydrogen-bond acceptors (Lipinski definition) is 5. The number of aryl methyl sites for hydroxylation is 2. The third kappa shape index (κ3) is 4.44. The maximum absolute atomic E-state index is 12.9. The number of carbonyl (C=O) groups excluding carboxylic acids is 2. The second-order valence-electron chi connectivity index (χ2n) is 8.58. The van der Waals surface area contributed by atoms with Crippen molar-refractivity contribution in [1.29, 1.82) is 0 Å². The van der Waals surface area contributed by atoms with E-state index in [9.17, 15) is 18.0 Å². The first-order valence-corrected chi connectivity index (χ1v) is 12.1. The van der Waals surface area contributed by atoms with Crippen LogP contribution in [0.15, 0.2) is 36.4 Å². The molecule has 1 amide bonds. The van der Waals surface area contributed by atoms with Gasteiger partial charge in [-0.15, -0.1) is 0 Å². The van der Waals surface area contributed by atoms with Crippen LogP contribution in [0.1, 0.15) is 51.1 Å². The second kappa shape index (κ2) is 7.67. The number of piperidine rings is 1. The predicted molar refractivity (Wildman–Crippen MR) is 118 cm³/mol. The summed E-state index contributed by atoms with van der Waals surface area (Å²) in [7, 11) is -3.36. The van der Waals surface area contributed by atoms with Gasteiger partial charge in [0.25, 0.3) is 5.91 Å². The summed E-state index contributed by atoms with van der Waals surface area (Å²) in [6.45, 7) is 4.91. The summed E-state index contributed by atoms with van der Waals surface area (Å²) in [4.78, 5) is 27.5. The van der Waals surface area contributed by atoms with E-state index in [2.05, 4.69) is 4.72 Å². The van der Waals surface area contributed by atoms with Crippen LogP contribution in [0.4, 0.5) is 5.69 Å². The van der Waals surface area contributed by atoms with Gasteiger partial charge in [-0.2, -0.15) is 0 Å². The van der Waals surface area contributed by atoms with E-state index >= 15 is 0 Å². The lowest BCUT2D eigenvalue weighted by molar-refractivity contribution is -0.00581. The first-order chi connectivity index (χ1) is 14.6. The Labute approximate surface area is 182 Å². The third-order valence-corrected chi connectivity index (χ3v) is 6.54. The van der Waals surface area contributed by atoms with Crippen LogP contribution >= 0.6 is 0 Å². The number of nitrogens with zero attached hydrogens (tertiary/aromatic N) is 1. The van der Waals surface area contributed by atoms with Gasteiger partial charge in [0.1, 0.15) is 11.4 Å². The van der Waals surface area contributed by atoms with E-state index < -0.39 is 15.6 Å². The summed E-state index contributed by atoms with van der Waals surface area (Å²) in [6, 6.07) is 10.3. The number of fused-ring (bicyclic) bond motifs is 1. The molecule has 2 aliphatic rings. The molecule has 31 heavy (non-hydrogen) atoms. The van der Waals surface area contributed by atoms with Gasteiger partial charge in [-0.1, -0.05) is 6.07 Å². The van der Waals surface area contributed by atoms with Gasteiger partial charge in [0.15, 0.2) is 5.78 Å². The van der Waals surface area contributed by atoms with Crippen molar-refractivity contribution in [1.82, 2.24) is 4.90 Å². The van der Waals surface area contributed by atoms with Crippen LogP contribution in [-0.2, 0) is 10.0 Å². The fourth-order valence-electron chi connectivity index (χ4n) is 4.49. The largest absolute Gasteiger partial charge is 0.486 e. The zero-order valence-corrected chi connectivity index (χ0v) is 18.7. The summed E-state index contributed by atoms with van der Waals surface area (Å²) in [6.07, 6.45) is 2.59. The maximum Gasteiger partial charge on any atom is 0.253 e. The summed E-state index contributed by atoms with van der Waals surface area (Å²) < 4.78 is 31.4. The Morgan fingerprint density at radius 1 is 1.10 bits per heavy atom. The van der Waals surface area contributed by atoms with Gasteiger partial charge in [0, 0.05) is 37.2 Å². The van der Waals surface area contributed by atoms with Gasteiger partial charge < -0.3 is 9.64 Å². The minimum Gasteiger partial charge on any atom is -0.486 e. The van der Waals surface area contributed by atoms with Crippen molar-refractivity contribution in [3.8, 4) is 5.75 Å². The quantitative estimate of drug-likeness (QED) is 0.787. The molecule has 1 fully saturated rings. The number of anilines is 1. The molecule has 4 rings (SSSR count). The first kappa shape index (κ1) is 21.4. The number of ether oxygens (including phenoxy) is 1. The van der Waals surface area contributed by atoms with Crippen molar-refractivity contribution in [3.05, 3.63) is 58.7 Å². The normalized spacial score (nSPS) is 17.8. The summed E-state index contributed by atoms with van der Waals surface area (Å²) in [5.74, 6) is 0.643. The number of amides is 1. The van der Waals surface area contributed by atoms with Crippen LogP contribution in [0.25, 0.3) is 0 Å². The predicted octanol–water partition coefficient (Wildman–Crippen LogP) is 3.32. The Kier molecular flexibility index (Phi) is 5.29. The SMILES string of the molecule is Cc1cc(C)c2c(c1)OC1(CCN(C(=O)c3ccc(NS(C)(=O)=O)cc3)CC1)CC2=O. The highest BCUT2D eigenvalue weighted by atomic mass is 32.2. The van der Waals surface area contributed by atoms with Crippen molar-refractivity contribution in [2.45, 2.75) is 38.7 Å². The van der Waals surface area contributed by atoms with E-state index in [-0.39, 0.29) is 11.7 Å². The van der Waals surface area contributed by atoms with Crippen molar-refractivity contribution < 1.29 is 22.7 Å². The van der Waals surface area contributed by atoms with E-state index in [0.717, 1.165) is 17.4 Å². The Hall–Kier alpha value is -2.87. The molecule has 0 bridgehead atoms. The molecule has 1 saturated heterocycles. The van der Waals surface area contributed by atoms with Crippen LogP contribution < -0.4 is 9.46 Å². The topological polar surface area (TPSA) is 92.8 Å². The summed E-state index contributed by atoms with van der Waals surface area (Å²) in [5.41, 5.74) is 3.02. The standard InChI is InChI=1S/C23H26N2O5S/c1-15-12-16(2)21-19(26)14-23(30-20(21)13-15)8-10-25(11-9-23)22(27)17-4-6-18(7-5-17)24-31(3,28)29/h4-7,12-13,24H,8-11,14H2,1-3H3. The average molecular weight is 443 g/mol. The fraction of sp³-hybridized carbons (Fsp3) is 0.391. The number of ketones is 1. The molecule has 2 aromatic rings. The molecule has 8 heteroatoms. The van der Waals surface area contributed by atoms with E-state index in [0.29, 0.717) is 54.9 Å². The Bertz CT molecular complexity index is 1150. The van der Waals surface area contributed by atoms with Gasteiger partial charge >= 0.3 is 0 Å². The molecule has 1 N–H and O–H groups in total. The molecule has 0 atom stereocenters. The Morgan fingerprint density at radius 2 is 1.74 bits per heavy atom. The molecule has 2 aliphatic heterocycles. The minimum absolute atomic E-state index is 0.104. The maximum atomic E-state index is 12.9. The highest BCUT2D eigenvalue weighted by molar-refractivity contribution is 7.92. The minimum atomic E-state index is -3.36. The molecule has 164 valence electrons. The monoisotopic (exact) mass is 442 g/mol. The van der Waals surface area contributed by atoms with E-state index in [1.165, 1.54) is 0 Å². The smallest absolute Gasteiger partial charge is 0.253 e. The molecule has 0 unspecified atom stereocenters. The number of likely N-dealkylation sites (tertiary alicyclic amines) is 1. The number of rotatable bonds is 3. The molecular formula is C23H26N2O5S. The molecular weight excluding hydrogens is 416 g/mol. The lowest BCUT2D eigenvalue weighted by Crippen LogP contribution is -2.52. The molecule has 0 aromatic heterocycles. The van der Waals surface area contributed by atoms with Crippen LogP contribution in [0.5, 0.6) is 5.75 Å². The number of Topliss-reactive ketones (excluding diaryl/α,β-unsaturated/α-hetero) is 1. The Morgan fingerprint density at radius 3 is 2.35 bits per heavy atom. The van der Waals surface area contributed by atoms with Crippen molar-refractivity contribution in [3.63, 3.8) is 0 Å². The molecule has 7 nitrogen and oxygen atoms in total. The second-order valence-corrected chi connectivity index (χ2v) is 10.3. The van der Waals surface area contributed by atoms with Gasteiger partial charge in [0.05, 0.1) is 18.2 Å². The average Bonchev–Trinajstić information content (AvgIpc) is 2.66. The molecule has 2 heterocycles. The van der Waals surface area contributed by atoms with Gasteiger partial charge in [0.2, 0.25) is 10.0 Å². The number of hydrogen-bond donors (Lipinski definition) is 1. The van der Waals surface area contributed by atoms with Crippen LogP contribution in [-0.4, -0.2) is 50.0 Å². The van der Waals surface area contributed by atoms with Crippen LogP contribution in [0.3, 0.4) is 0 Å². The number of benzene rings is 2.